The maximum absolute atomic E-state index is 11.8. The minimum atomic E-state index is -3.24. The van der Waals surface area contributed by atoms with Gasteiger partial charge in [0.25, 0.3) is 5.91 Å². The molecule has 9 heteroatoms. The minimum Gasteiger partial charge on any atom is -0.459 e. The molecule has 0 fully saturated rings. The largest absolute Gasteiger partial charge is 0.459 e. The molecule has 0 unspecified atom stereocenters. The number of anilines is 1. The van der Waals surface area contributed by atoms with Crippen LogP contribution in [0.2, 0.25) is 0 Å². The van der Waals surface area contributed by atoms with Gasteiger partial charge in [0.1, 0.15) is 0 Å². The monoisotopic (exact) mass is 349 g/mol. The Hall–Kier alpha value is -2.52. The summed E-state index contributed by atoms with van der Waals surface area (Å²) < 4.78 is 32.0. The van der Waals surface area contributed by atoms with E-state index in [1.807, 2.05) is 0 Å². The van der Waals surface area contributed by atoms with E-state index in [9.17, 15) is 13.2 Å². The fourth-order valence-electron chi connectivity index (χ4n) is 1.81. The highest BCUT2D eigenvalue weighted by Gasteiger charge is 2.13. The zero-order chi connectivity index (χ0) is 16.4. The van der Waals surface area contributed by atoms with Crippen molar-refractivity contribution in [3.8, 4) is 11.4 Å². The first-order chi connectivity index (χ1) is 10.9. The van der Waals surface area contributed by atoms with Crippen molar-refractivity contribution in [2.75, 3.05) is 11.6 Å². The summed E-state index contributed by atoms with van der Waals surface area (Å²) >= 11 is 1.03. The number of hydrogen-bond acceptors (Lipinski definition) is 7. The molecule has 3 aromatic rings. The van der Waals surface area contributed by atoms with Crippen LogP contribution in [0.1, 0.15) is 10.6 Å². The molecule has 7 nitrogen and oxygen atoms in total. The van der Waals surface area contributed by atoms with Crippen molar-refractivity contribution in [2.45, 2.75) is 4.90 Å². The highest BCUT2D eigenvalue weighted by Crippen LogP contribution is 2.23. The van der Waals surface area contributed by atoms with Crippen LogP contribution in [-0.2, 0) is 9.84 Å². The number of amides is 1. The second-order valence-electron chi connectivity index (χ2n) is 4.65. The molecule has 3 rings (SSSR count). The fourth-order valence-corrected chi connectivity index (χ4v) is 3.02. The van der Waals surface area contributed by atoms with Crippen LogP contribution in [0.25, 0.3) is 11.4 Å². The van der Waals surface area contributed by atoms with Gasteiger partial charge in [0.2, 0.25) is 5.13 Å². The summed E-state index contributed by atoms with van der Waals surface area (Å²) in [4.78, 5) is 16.3. The Bertz CT molecular complexity index is 929. The SMILES string of the molecule is CS(=O)(=O)c1ccc(-c2nsc(NC(=O)c3ccco3)n2)cc1. The van der Waals surface area contributed by atoms with Crippen LogP contribution in [0.3, 0.4) is 0 Å². The number of rotatable bonds is 4. The molecule has 23 heavy (non-hydrogen) atoms. The number of nitrogens with one attached hydrogen (secondary N) is 1. The molecule has 1 N–H and O–H groups in total. The van der Waals surface area contributed by atoms with Gasteiger partial charge in [0.05, 0.1) is 11.2 Å². The fraction of sp³-hybridized carbons (Fsp3) is 0.0714. The molecule has 0 aliphatic rings. The Labute approximate surface area is 136 Å². The van der Waals surface area contributed by atoms with Crippen molar-refractivity contribution >= 4 is 32.4 Å². The van der Waals surface area contributed by atoms with Crippen molar-refractivity contribution in [3.63, 3.8) is 0 Å². The van der Waals surface area contributed by atoms with Crippen molar-refractivity contribution in [3.05, 3.63) is 48.4 Å². The van der Waals surface area contributed by atoms with E-state index >= 15 is 0 Å². The molecule has 0 radical (unpaired) electrons. The molecule has 0 aliphatic heterocycles. The molecule has 0 saturated carbocycles. The second-order valence-corrected chi connectivity index (χ2v) is 7.42. The molecule has 2 aromatic heterocycles. The van der Waals surface area contributed by atoms with Crippen molar-refractivity contribution in [2.24, 2.45) is 0 Å². The number of nitrogens with zero attached hydrogens (tertiary/aromatic N) is 2. The molecule has 0 saturated heterocycles. The average Bonchev–Trinajstić information content (AvgIpc) is 3.18. The van der Waals surface area contributed by atoms with Crippen LogP contribution in [0, 0.1) is 0 Å². The topological polar surface area (TPSA) is 102 Å². The number of carbonyl (C=O) groups is 1. The zero-order valence-electron chi connectivity index (χ0n) is 11.9. The van der Waals surface area contributed by atoms with Crippen LogP contribution < -0.4 is 5.32 Å². The first kappa shape index (κ1) is 15.4. The smallest absolute Gasteiger partial charge is 0.293 e. The van der Waals surface area contributed by atoms with Crippen LogP contribution in [-0.4, -0.2) is 29.9 Å². The Morgan fingerprint density at radius 1 is 1.22 bits per heavy atom. The lowest BCUT2D eigenvalue weighted by molar-refractivity contribution is 0.0996. The van der Waals surface area contributed by atoms with E-state index in [4.69, 9.17) is 4.42 Å². The molecule has 0 aliphatic carbocycles. The number of sulfone groups is 1. The normalized spacial score (nSPS) is 11.3. The van der Waals surface area contributed by atoms with Gasteiger partial charge in [-0.2, -0.15) is 9.36 Å². The third-order valence-electron chi connectivity index (χ3n) is 2.93. The first-order valence-corrected chi connectivity index (χ1v) is 9.09. The Morgan fingerprint density at radius 2 is 1.96 bits per heavy atom. The standard InChI is InChI=1S/C14H11N3O4S2/c1-23(19,20)10-6-4-9(5-7-10)12-15-14(22-17-12)16-13(18)11-3-2-8-21-11/h2-8H,1H3,(H,15,16,17,18). The molecular formula is C14H11N3O4S2. The molecule has 0 bridgehead atoms. The summed E-state index contributed by atoms with van der Waals surface area (Å²) in [6, 6.07) is 9.39. The minimum absolute atomic E-state index is 0.180. The lowest BCUT2D eigenvalue weighted by Crippen LogP contribution is -2.10. The van der Waals surface area contributed by atoms with Gasteiger partial charge >= 0.3 is 0 Å². The number of benzene rings is 1. The van der Waals surface area contributed by atoms with E-state index in [1.54, 1.807) is 24.3 Å². The average molecular weight is 349 g/mol. The Morgan fingerprint density at radius 3 is 2.57 bits per heavy atom. The third-order valence-corrected chi connectivity index (χ3v) is 4.69. The zero-order valence-corrected chi connectivity index (χ0v) is 13.5. The van der Waals surface area contributed by atoms with Gasteiger partial charge in [-0.15, -0.1) is 0 Å². The molecule has 1 amide bonds. The van der Waals surface area contributed by atoms with Gasteiger partial charge in [-0.3, -0.25) is 10.1 Å². The highest BCUT2D eigenvalue weighted by molar-refractivity contribution is 7.90. The highest BCUT2D eigenvalue weighted by atomic mass is 32.2. The van der Waals surface area contributed by atoms with Gasteiger partial charge < -0.3 is 4.42 Å². The molecule has 0 spiro atoms. The Balaban J connectivity index is 1.78. The van der Waals surface area contributed by atoms with Crippen LogP contribution >= 0.6 is 11.5 Å². The molecular weight excluding hydrogens is 338 g/mol. The predicted octanol–water partition coefficient (Wildman–Crippen LogP) is 2.45. The van der Waals surface area contributed by atoms with Gasteiger partial charge in [-0.25, -0.2) is 8.42 Å². The summed E-state index contributed by atoms with van der Waals surface area (Å²) in [6.45, 7) is 0. The van der Waals surface area contributed by atoms with Gasteiger partial charge in [0, 0.05) is 23.4 Å². The maximum atomic E-state index is 11.8. The summed E-state index contributed by atoms with van der Waals surface area (Å²) in [5.74, 6) is 0.175. The van der Waals surface area contributed by atoms with Crippen LogP contribution in [0.5, 0.6) is 0 Å². The lowest BCUT2D eigenvalue weighted by Gasteiger charge is -1.99. The quantitative estimate of drug-likeness (QED) is 0.776. The summed E-state index contributed by atoms with van der Waals surface area (Å²) in [6.07, 6.45) is 2.55. The van der Waals surface area contributed by atoms with Gasteiger partial charge in [-0.1, -0.05) is 0 Å². The molecule has 0 atom stereocenters. The first-order valence-electron chi connectivity index (χ1n) is 6.42. The van der Waals surface area contributed by atoms with Crippen LogP contribution in [0.15, 0.2) is 52.0 Å². The van der Waals surface area contributed by atoms with E-state index in [0.717, 1.165) is 17.8 Å². The maximum Gasteiger partial charge on any atom is 0.293 e. The number of hydrogen-bond donors (Lipinski definition) is 1. The third kappa shape index (κ3) is 3.46. The Kier molecular flexibility index (Phi) is 3.97. The van der Waals surface area contributed by atoms with Gasteiger partial charge in [0.15, 0.2) is 21.4 Å². The second kappa shape index (κ2) is 5.94. The molecule has 1 aromatic carbocycles. The molecule has 118 valence electrons. The van der Waals surface area contributed by atoms with Crippen LogP contribution in [0.4, 0.5) is 5.13 Å². The van der Waals surface area contributed by atoms with E-state index < -0.39 is 15.7 Å². The van der Waals surface area contributed by atoms with E-state index in [2.05, 4.69) is 14.7 Å². The molecule has 2 heterocycles. The number of carbonyl (C=O) groups excluding carboxylic acids is 1. The lowest BCUT2D eigenvalue weighted by atomic mass is 10.2. The van der Waals surface area contributed by atoms with Gasteiger partial charge in [-0.05, 0) is 36.4 Å². The van der Waals surface area contributed by atoms with Crippen molar-refractivity contribution < 1.29 is 17.6 Å². The summed E-state index contributed by atoms with van der Waals surface area (Å²) in [7, 11) is -3.24. The number of aromatic nitrogens is 2. The predicted molar refractivity (Wildman–Crippen MR) is 85.1 cm³/mol. The van der Waals surface area contributed by atoms with E-state index in [-0.39, 0.29) is 10.7 Å². The summed E-state index contributed by atoms with van der Waals surface area (Å²) in [5.41, 5.74) is 0.659. The van der Waals surface area contributed by atoms with Crippen molar-refractivity contribution in [1.29, 1.82) is 0 Å². The van der Waals surface area contributed by atoms with Crippen molar-refractivity contribution in [1.82, 2.24) is 9.36 Å². The number of furan rings is 1. The van der Waals surface area contributed by atoms with E-state index in [1.165, 1.54) is 18.4 Å². The summed E-state index contributed by atoms with van der Waals surface area (Å²) in [5, 5.41) is 2.91. The van der Waals surface area contributed by atoms with E-state index in [0.29, 0.717) is 16.5 Å².